The molecule has 2 amide bonds. The van der Waals surface area contributed by atoms with Crippen molar-refractivity contribution in [3.05, 3.63) is 59.4 Å². The van der Waals surface area contributed by atoms with Gasteiger partial charge in [0.05, 0.1) is 12.1 Å². The average Bonchev–Trinajstić information content (AvgIpc) is 2.77. The number of anilines is 2. The Morgan fingerprint density at radius 3 is 2.65 bits per heavy atom. The summed E-state index contributed by atoms with van der Waals surface area (Å²) in [4.78, 5) is 25.8. The Morgan fingerprint density at radius 2 is 1.91 bits per heavy atom. The van der Waals surface area contributed by atoms with Gasteiger partial charge in [-0.15, -0.1) is 0 Å². The van der Waals surface area contributed by atoms with Crippen molar-refractivity contribution in [2.75, 3.05) is 10.2 Å². The topological polar surface area (TPSA) is 49.4 Å². The van der Waals surface area contributed by atoms with Crippen LogP contribution in [0.1, 0.15) is 17.5 Å². The van der Waals surface area contributed by atoms with Crippen LogP contribution in [0.3, 0.4) is 0 Å². The van der Waals surface area contributed by atoms with Gasteiger partial charge < -0.3 is 5.32 Å². The zero-order chi connectivity index (χ0) is 16.6. The summed E-state index contributed by atoms with van der Waals surface area (Å²) < 4.78 is 13.4. The number of hydrogen-bond acceptors (Lipinski definition) is 3. The van der Waals surface area contributed by atoms with Crippen LogP contribution in [0.5, 0.6) is 0 Å². The number of carbonyl (C=O) groups is 2. The van der Waals surface area contributed by atoms with Crippen LogP contribution >= 0.6 is 0 Å². The summed E-state index contributed by atoms with van der Waals surface area (Å²) in [6.45, 7) is 3.90. The predicted molar refractivity (Wildman–Crippen MR) is 86.8 cm³/mol. The van der Waals surface area contributed by atoms with Crippen LogP contribution in [-0.2, 0) is 9.59 Å². The fraction of sp³-hybridized carbons (Fsp3) is 0.222. The number of imide groups is 1. The van der Waals surface area contributed by atoms with E-state index < -0.39 is 11.9 Å². The molecule has 1 aliphatic heterocycles. The molecule has 1 fully saturated rings. The molecule has 1 atom stereocenters. The molecule has 0 aromatic heterocycles. The molecule has 0 saturated carbocycles. The van der Waals surface area contributed by atoms with E-state index in [2.05, 4.69) is 5.32 Å². The first-order valence-corrected chi connectivity index (χ1v) is 7.42. The summed E-state index contributed by atoms with van der Waals surface area (Å²) in [6.07, 6.45) is 0.0583. The maximum atomic E-state index is 13.4. The summed E-state index contributed by atoms with van der Waals surface area (Å²) >= 11 is 0. The second-order valence-electron chi connectivity index (χ2n) is 5.77. The minimum atomic E-state index is -0.633. The number of benzene rings is 2. The van der Waals surface area contributed by atoms with Gasteiger partial charge in [-0.1, -0.05) is 18.2 Å². The van der Waals surface area contributed by atoms with Gasteiger partial charge >= 0.3 is 0 Å². The van der Waals surface area contributed by atoms with Crippen LogP contribution in [0.2, 0.25) is 0 Å². The van der Waals surface area contributed by atoms with E-state index in [4.69, 9.17) is 0 Å². The van der Waals surface area contributed by atoms with Crippen molar-refractivity contribution in [1.82, 2.24) is 0 Å². The highest BCUT2D eigenvalue weighted by Gasteiger charge is 2.39. The van der Waals surface area contributed by atoms with E-state index in [0.717, 1.165) is 21.7 Å². The molecule has 2 aromatic rings. The highest BCUT2D eigenvalue weighted by atomic mass is 19.1. The molecule has 0 spiro atoms. The molecule has 1 heterocycles. The monoisotopic (exact) mass is 312 g/mol. The molecule has 1 N–H and O–H groups in total. The van der Waals surface area contributed by atoms with Crippen LogP contribution in [-0.4, -0.2) is 17.9 Å². The number of nitrogens with zero attached hydrogens (tertiary/aromatic N) is 1. The molecule has 0 unspecified atom stereocenters. The van der Waals surface area contributed by atoms with Crippen molar-refractivity contribution in [3.63, 3.8) is 0 Å². The minimum Gasteiger partial charge on any atom is -0.373 e. The highest BCUT2D eigenvalue weighted by Crippen LogP contribution is 2.26. The number of hydrogen-bond donors (Lipinski definition) is 1. The number of carbonyl (C=O) groups excluding carboxylic acids is 2. The molecule has 4 nitrogen and oxygen atoms in total. The van der Waals surface area contributed by atoms with Gasteiger partial charge in [-0.05, 0) is 49.2 Å². The third-order valence-electron chi connectivity index (χ3n) is 3.94. The van der Waals surface area contributed by atoms with Gasteiger partial charge in [0, 0.05) is 5.69 Å². The minimum absolute atomic E-state index is 0.0583. The number of aryl methyl sites for hydroxylation is 2. The SMILES string of the molecule is Cc1ccc(C)c(N[C@H]2CC(=O)N(c3cccc(F)c3)C2=O)c1. The van der Waals surface area contributed by atoms with Gasteiger partial charge in [0.15, 0.2) is 0 Å². The Kier molecular flexibility index (Phi) is 3.86. The van der Waals surface area contributed by atoms with Crippen LogP contribution in [0, 0.1) is 19.7 Å². The van der Waals surface area contributed by atoms with Crippen LogP contribution < -0.4 is 10.2 Å². The first kappa shape index (κ1) is 15.2. The molecule has 0 aliphatic carbocycles. The van der Waals surface area contributed by atoms with Crippen molar-refractivity contribution in [2.45, 2.75) is 26.3 Å². The Balaban J connectivity index is 1.85. The fourth-order valence-corrected chi connectivity index (χ4v) is 2.71. The molecule has 1 saturated heterocycles. The van der Waals surface area contributed by atoms with Gasteiger partial charge in [0.1, 0.15) is 11.9 Å². The highest BCUT2D eigenvalue weighted by molar-refractivity contribution is 6.23. The molecule has 118 valence electrons. The third-order valence-corrected chi connectivity index (χ3v) is 3.94. The smallest absolute Gasteiger partial charge is 0.256 e. The molecular weight excluding hydrogens is 295 g/mol. The van der Waals surface area contributed by atoms with Crippen molar-refractivity contribution < 1.29 is 14.0 Å². The van der Waals surface area contributed by atoms with Crippen LogP contribution in [0.25, 0.3) is 0 Å². The Hall–Kier alpha value is -2.69. The van der Waals surface area contributed by atoms with Gasteiger partial charge in [-0.2, -0.15) is 0 Å². The maximum Gasteiger partial charge on any atom is 0.256 e. The van der Waals surface area contributed by atoms with E-state index >= 15 is 0 Å². The molecular formula is C18H17FN2O2. The van der Waals surface area contributed by atoms with Gasteiger partial charge in [0.2, 0.25) is 5.91 Å². The molecule has 23 heavy (non-hydrogen) atoms. The summed E-state index contributed by atoms with van der Waals surface area (Å²) in [6, 6.07) is 10.8. The third kappa shape index (κ3) is 2.95. The Bertz CT molecular complexity index is 788. The second kappa shape index (κ2) is 5.83. The van der Waals surface area contributed by atoms with Crippen LogP contribution in [0.15, 0.2) is 42.5 Å². The molecule has 5 heteroatoms. The zero-order valence-electron chi connectivity index (χ0n) is 13.0. The van der Waals surface area contributed by atoms with Crippen LogP contribution in [0.4, 0.5) is 15.8 Å². The Morgan fingerprint density at radius 1 is 1.13 bits per heavy atom. The fourth-order valence-electron chi connectivity index (χ4n) is 2.71. The lowest BCUT2D eigenvalue weighted by Crippen LogP contribution is -2.35. The molecule has 3 rings (SSSR count). The molecule has 0 radical (unpaired) electrons. The predicted octanol–water partition coefficient (Wildman–Crippen LogP) is 3.19. The number of amides is 2. The van der Waals surface area contributed by atoms with Gasteiger partial charge in [-0.3, -0.25) is 9.59 Å². The first-order valence-electron chi connectivity index (χ1n) is 7.42. The maximum absolute atomic E-state index is 13.4. The van der Waals surface area contributed by atoms with E-state index in [9.17, 15) is 14.0 Å². The summed E-state index contributed by atoms with van der Waals surface area (Å²) in [5.41, 5.74) is 3.17. The number of nitrogens with one attached hydrogen (secondary N) is 1. The number of halogens is 1. The first-order chi connectivity index (χ1) is 11.0. The van der Waals surface area contributed by atoms with E-state index in [0.29, 0.717) is 0 Å². The lowest BCUT2D eigenvalue weighted by atomic mass is 10.1. The lowest BCUT2D eigenvalue weighted by Gasteiger charge is -2.17. The van der Waals surface area contributed by atoms with E-state index in [-0.39, 0.29) is 23.9 Å². The van der Waals surface area contributed by atoms with Gasteiger partial charge in [-0.25, -0.2) is 9.29 Å². The van der Waals surface area contributed by atoms with E-state index in [1.54, 1.807) is 6.07 Å². The summed E-state index contributed by atoms with van der Waals surface area (Å²) in [5, 5.41) is 3.14. The Labute approximate surface area is 133 Å². The summed E-state index contributed by atoms with van der Waals surface area (Å²) in [5.74, 6) is -1.17. The zero-order valence-corrected chi connectivity index (χ0v) is 13.0. The quantitative estimate of drug-likeness (QED) is 0.886. The van der Waals surface area contributed by atoms with Crippen molar-refractivity contribution >= 4 is 23.2 Å². The van der Waals surface area contributed by atoms with Crippen molar-refractivity contribution in [3.8, 4) is 0 Å². The van der Waals surface area contributed by atoms with Crippen molar-refractivity contribution in [2.24, 2.45) is 0 Å². The van der Waals surface area contributed by atoms with Gasteiger partial charge in [0.25, 0.3) is 5.91 Å². The molecule has 0 bridgehead atoms. The number of rotatable bonds is 3. The molecule has 2 aromatic carbocycles. The van der Waals surface area contributed by atoms with Crippen molar-refractivity contribution in [1.29, 1.82) is 0 Å². The lowest BCUT2D eigenvalue weighted by molar-refractivity contribution is -0.121. The normalized spacial score (nSPS) is 17.7. The summed E-state index contributed by atoms with van der Waals surface area (Å²) in [7, 11) is 0. The van der Waals surface area contributed by atoms with E-state index in [1.165, 1.54) is 18.2 Å². The second-order valence-corrected chi connectivity index (χ2v) is 5.77. The molecule has 1 aliphatic rings. The largest absolute Gasteiger partial charge is 0.373 e. The average molecular weight is 312 g/mol. The standard InChI is InChI=1S/C18H17FN2O2/c1-11-6-7-12(2)15(8-11)20-16-10-17(22)21(18(16)23)14-5-3-4-13(19)9-14/h3-9,16,20H,10H2,1-2H3/t16-/m0/s1. The van der Waals surface area contributed by atoms with E-state index in [1.807, 2.05) is 32.0 Å².